The molecule has 0 fully saturated rings. The second-order valence-corrected chi connectivity index (χ2v) is 16.2. The van der Waals surface area contributed by atoms with Crippen LogP contribution in [0.3, 0.4) is 0 Å². The van der Waals surface area contributed by atoms with Crippen LogP contribution in [0.1, 0.15) is 0 Å². The summed E-state index contributed by atoms with van der Waals surface area (Å²) in [6.07, 6.45) is 0. The summed E-state index contributed by atoms with van der Waals surface area (Å²) in [7, 11) is 0. The predicted octanol–water partition coefficient (Wildman–Crippen LogP) is 13.9. The first kappa shape index (κ1) is 35.5. The summed E-state index contributed by atoms with van der Waals surface area (Å²) in [6, 6.07) is 63.4. The molecule has 9 nitrogen and oxygen atoms in total. The van der Waals surface area contributed by atoms with E-state index in [4.69, 9.17) is 38.7 Å². The van der Waals surface area contributed by atoms with Gasteiger partial charge in [0.25, 0.3) is 0 Å². The maximum atomic E-state index is 6.59. The third-order valence-electron chi connectivity index (χ3n) is 12.5. The molecule has 0 radical (unpaired) electrons. The van der Waals surface area contributed by atoms with Crippen molar-refractivity contribution >= 4 is 82.4 Å². The molecule has 65 heavy (non-hydrogen) atoms. The fraction of sp³-hybridized carbons (Fsp3) is 0. The van der Waals surface area contributed by atoms with Crippen LogP contribution in [0.4, 0.5) is 0 Å². The predicted molar refractivity (Wildman–Crippen MR) is 258 cm³/mol. The van der Waals surface area contributed by atoms with Crippen LogP contribution in [-0.4, -0.2) is 34.3 Å². The Balaban J connectivity index is 1.05. The molecular weight excluding hydrogens is 803 g/mol. The Morgan fingerprint density at radius 1 is 0.338 bits per heavy atom. The topological polar surface area (TPSA) is 108 Å². The van der Waals surface area contributed by atoms with E-state index in [2.05, 4.69) is 77.2 Å². The minimum Gasteiger partial charge on any atom is -0.456 e. The summed E-state index contributed by atoms with van der Waals surface area (Å²) < 4.78 is 15.3. The number of rotatable bonds is 5. The first-order valence-corrected chi connectivity index (χ1v) is 21.5. The van der Waals surface area contributed by atoms with E-state index in [0.29, 0.717) is 34.5 Å². The van der Waals surface area contributed by atoms with E-state index in [1.807, 2.05) is 115 Å². The summed E-state index contributed by atoms with van der Waals surface area (Å²) in [5.41, 5.74) is 11.3. The lowest BCUT2D eigenvalue weighted by atomic mass is 10.0. The van der Waals surface area contributed by atoms with Gasteiger partial charge in [-0.15, -0.1) is 0 Å². The van der Waals surface area contributed by atoms with Gasteiger partial charge in [-0.05, 0) is 47.9 Å². The Hall–Kier alpha value is -9.08. The average Bonchev–Trinajstić information content (AvgIpc) is 4.08. The maximum Gasteiger partial charge on any atom is 0.183 e. The number of fused-ring (bicyclic) bond motifs is 14. The molecule has 14 aromatic rings. The Bertz CT molecular complexity index is 4190. The van der Waals surface area contributed by atoms with Crippen molar-refractivity contribution in [3.63, 3.8) is 0 Å². The molecule has 0 aliphatic rings. The zero-order valence-electron chi connectivity index (χ0n) is 34.3. The van der Waals surface area contributed by atoms with Crippen molar-refractivity contribution in [2.75, 3.05) is 0 Å². The Kier molecular flexibility index (Phi) is 7.49. The van der Waals surface area contributed by atoms with Crippen molar-refractivity contribution in [3.8, 4) is 56.8 Å². The van der Waals surface area contributed by atoms with E-state index in [-0.39, 0.29) is 0 Å². The molecule has 0 aliphatic heterocycles. The lowest BCUT2D eigenvalue weighted by Gasteiger charge is -2.12. The number of nitrogens with zero attached hydrogens (tertiary/aromatic N) is 7. The largest absolute Gasteiger partial charge is 0.456 e. The maximum absolute atomic E-state index is 6.59. The van der Waals surface area contributed by atoms with Crippen LogP contribution in [0.25, 0.3) is 139 Å². The zero-order valence-corrected chi connectivity index (χ0v) is 34.3. The second kappa shape index (κ2) is 13.7. The summed E-state index contributed by atoms with van der Waals surface area (Å²) in [5, 5.41) is 7.02. The van der Waals surface area contributed by atoms with Gasteiger partial charge in [-0.3, -0.25) is 4.40 Å². The van der Waals surface area contributed by atoms with Crippen LogP contribution in [0.15, 0.2) is 197 Å². The molecule has 0 saturated heterocycles. The third kappa shape index (κ3) is 5.39. The van der Waals surface area contributed by atoms with Crippen LogP contribution in [0.2, 0.25) is 0 Å². The van der Waals surface area contributed by atoms with Crippen molar-refractivity contribution in [2.24, 2.45) is 0 Å². The van der Waals surface area contributed by atoms with Gasteiger partial charge >= 0.3 is 0 Å². The third-order valence-corrected chi connectivity index (χ3v) is 12.5. The Labute approximate surface area is 369 Å². The van der Waals surface area contributed by atoms with E-state index >= 15 is 0 Å². The van der Waals surface area contributed by atoms with Gasteiger partial charge < -0.3 is 8.83 Å². The number of para-hydroxylation sites is 2. The minimum atomic E-state index is 0.519. The number of imidazole rings is 1. The molecule has 0 saturated carbocycles. The van der Waals surface area contributed by atoms with Gasteiger partial charge in [-0.2, -0.15) is 0 Å². The van der Waals surface area contributed by atoms with E-state index in [1.54, 1.807) is 0 Å². The molecule has 0 amide bonds. The van der Waals surface area contributed by atoms with E-state index in [1.165, 1.54) is 0 Å². The van der Waals surface area contributed by atoms with Crippen molar-refractivity contribution < 1.29 is 8.83 Å². The number of hydrogen-bond donors (Lipinski definition) is 0. The van der Waals surface area contributed by atoms with E-state index in [0.717, 1.165) is 105 Å². The first-order chi connectivity index (χ1) is 32.2. The molecule has 0 bridgehead atoms. The smallest absolute Gasteiger partial charge is 0.183 e. The van der Waals surface area contributed by atoms with Crippen LogP contribution < -0.4 is 0 Å². The Morgan fingerprint density at radius 2 is 0.892 bits per heavy atom. The summed E-state index contributed by atoms with van der Waals surface area (Å²) in [5.74, 6) is 2.26. The molecule has 0 aliphatic carbocycles. The number of pyridine rings is 1. The normalized spacial score (nSPS) is 12.0. The van der Waals surface area contributed by atoms with Crippen LogP contribution in [0.5, 0.6) is 0 Å². The van der Waals surface area contributed by atoms with E-state index in [9.17, 15) is 0 Å². The average molecular weight is 834 g/mol. The molecule has 0 atom stereocenters. The van der Waals surface area contributed by atoms with Gasteiger partial charge in [0.2, 0.25) is 0 Å². The van der Waals surface area contributed by atoms with Crippen LogP contribution in [0, 0.1) is 0 Å². The van der Waals surface area contributed by atoms with Gasteiger partial charge in [-0.25, -0.2) is 29.9 Å². The first-order valence-electron chi connectivity index (χ1n) is 21.5. The highest BCUT2D eigenvalue weighted by molar-refractivity contribution is 6.18. The van der Waals surface area contributed by atoms with Gasteiger partial charge in [-0.1, -0.05) is 146 Å². The molecule has 0 spiro atoms. The van der Waals surface area contributed by atoms with Crippen molar-refractivity contribution in [1.82, 2.24) is 34.3 Å². The molecule has 6 aromatic heterocycles. The molecule has 9 heteroatoms. The van der Waals surface area contributed by atoms with Crippen molar-refractivity contribution in [1.29, 1.82) is 0 Å². The monoisotopic (exact) mass is 833 g/mol. The molecule has 302 valence electrons. The summed E-state index contributed by atoms with van der Waals surface area (Å²) in [6.45, 7) is 0. The number of hydrogen-bond acceptors (Lipinski definition) is 8. The molecule has 6 heterocycles. The number of furan rings is 2. The van der Waals surface area contributed by atoms with Gasteiger partial charge in [0.1, 0.15) is 39.2 Å². The molecule has 14 rings (SSSR count). The fourth-order valence-corrected chi connectivity index (χ4v) is 9.58. The lowest BCUT2D eigenvalue weighted by Crippen LogP contribution is -2.00. The fourth-order valence-electron chi connectivity index (χ4n) is 9.58. The number of aromatic nitrogens is 7. The molecular formula is C56H31N7O2. The van der Waals surface area contributed by atoms with Gasteiger partial charge in [0.15, 0.2) is 28.9 Å². The van der Waals surface area contributed by atoms with Gasteiger partial charge in [0, 0.05) is 60.1 Å². The van der Waals surface area contributed by atoms with Crippen molar-refractivity contribution in [2.45, 2.75) is 0 Å². The molecule has 0 unspecified atom stereocenters. The highest BCUT2D eigenvalue weighted by atomic mass is 16.3. The standard InChI is InChI=1S/C56H31N7O2/c1-3-15-32(16-4-1)51-58-52(33-17-5-2-6-18-33)60-53(59-51)34-29-30-44-41(31-34)48-40(24-14-28-46(48)65-44)54-57-49(39-23-13-27-45-47(39)38-22-10-12-26-43(38)64-45)50-55(61-54)62-56-37-21-8-7-19-35(37)36-20-9-11-25-42(36)63(50)56/h1-31H. The zero-order chi connectivity index (χ0) is 42.6. The molecule has 8 aromatic carbocycles. The quantitative estimate of drug-likeness (QED) is 0.158. The molecule has 0 N–H and O–H groups in total. The SMILES string of the molecule is c1ccc(-c2nc(-c3ccccc3)nc(-c3ccc4oc5cccc(-c6nc(-c7cccc8oc9ccccc9c78)c7c(n6)nc6c8ccccc8c8ccccc8n67)c5c4c3)n2)cc1. The number of benzene rings is 8. The summed E-state index contributed by atoms with van der Waals surface area (Å²) >= 11 is 0. The highest BCUT2D eigenvalue weighted by Gasteiger charge is 2.25. The second-order valence-electron chi connectivity index (χ2n) is 16.2. The highest BCUT2D eigenvalue weighted by Crippen LogP contribution is 2.43. The van der Waals surface area contributed by atoms with Crippen molar-refractivity contribution in [3.05, 3.63) is 188 Å². The Morgan fingerprint density at radius 3 is 1.62 bits per heavy atom. The lowest BCUT2D eigenvalue weighted by molar-refractivity contribution is 0.668. The van der Waals surface area contributed by atoms with E-state index < -0.39 is 0 Å². The minimum absolute atomic E-state index is 0.519. The van der Waals surface area contributed by atoms with Crippen LogP contribution >= 0.6 is 0 Å². The van der Waals surface area contributed by atoms with Gasteiger partial charge in [0.05, 0.1) is 5.52 Å². The summed E-state index contributed by atoms with van der Waals surface area (Å²) in [4.78, 5) is 31.4. The van der Waals surface area contributed by atoms with Crippen LogP contribution in [-0.2, 0) is 0 Å².